The molecule has 88 valence electrons. The lowest BCUT2D eigenvalue weighted by Gasteiger charge is -2.22. The number of hydrogen-bond acceptors (Lipinski definition) is 3. The predicted molar refractivity (Wildman–Crippen MR) is 50.2 cm³/mol. The molecule has 0 spiro atoms. The first kappa shape index (κ1) is 14.4. The number of halogens is 1. The van der Waals surface area contributed by atoms with E-state index in [1.807, 2.05) is 6.92 Å². The highest BCUT2D eigenvalue weighted by atomic mass is 79.9. The van der Waals surface area contributed by atoms with Crippen molar-refractivity contribution in [3.05, 3.63) is 11.9 Å². The molecule has 1 heterocycles. The maximum atomic E-state index is 10.7. The van der Waals surface area contributed by atoms with Crippen LogP contribution in [0.2, 0.25) is 0 Å². The highest BCUT2D eigenvalue weighted by Crippen LogP contribution is 2.20. The lowest BCUT2D eigenvalue weighted by molar-refractivity contribution is -1.06. The Morgan fingerprint density at radius 2 is 2.27 bits per heavy atom. The summed E-state index contributed by atoms with van der Waals surface area (Å²) >= 11 is 0. The van der Waals surface area contributed by atoms with Gasteiger partial charge in [0.05, 0.1) is 0 Å². The number of unbranched alkanes of at least 4 members (excludes halogenated alkanes) is 1. The third-order valence-corrected chi connectivity index (χ3v) is 2.35. The van der Waals surface area contributed by atoms with Gasteiger partial charge >= 0.3 is 5.97 Å². The zero-order valence-electron chi connectivity index (χ0n) is 8.98. The fourth-order valence-electron chi connectivity index (χ4n) is 1.60. The van der Waals surface area contributed by atoms with E-state index in [1.54, 1.807) is 11.9 Å². The van der Waals surface area contributed by atoms with Gasteiger partial charge in [0.25, 0.3) is 0 Å². The van der Waals surface area contributed by atoms with Crippen molar-refractivity contribution in [1.82, 2.24) is 4.90 Å². The standard InChI is InChI=1S/C9H16N2O3.BrH/c1-3-4-5-11(14)6-8(9(12)13)10(2)7-11;/h6,14H,3-5,7H2,1-2H3;1H. The second-order valence-corrected chi connectivity index (χ2v) is 3.72. The normalized spacial score (nSPS) is 24.7. The molecular weight excluding hydrogens is 264 g/mol. The van der Waals surface area contributed by atoms with Crippen molar-refractivity contribution >= 4 is 5.97 Å². The monoisotopic (exact) mass is 280 g/mol. The Balaban J connectivity index is 0.00000196. The summed E-state index contributed by atoms with van der Waals surface area (Å²) in [6.07, 6.45) is 3.27. The molecule has 15 heavy (non-hydrogen) atoms. The van der Waals surface area contributed by atoms with Gasteiger partial charge < -0.3 is 27.0 Å². The third-order valence-electron chi connectivity index (χ3n) is 2.35. The van der Waals surface area contributed by atoms with Gasteiger partial charge in [-0.3, -0.25) is 0 Å². The molecule has 0 saturated carbocycles. The van der Waals surface area contributed by atoms with Crippen LogP contribution in [-0.2, 0) is 4.79 Å². The average Bonchev–Trinajstić information content (AvgIpc) is 2.39. The minimum atomic E-state index is -0.988. The molecule has 0 aromatic rings. The van der Waals surface area contributed by atoms with Gasteiger partial charge in [0.2, 0.25) is 0 Å². The number of likely N-dealkylation sites (N-methyl/N-ethyl adjacent to an activating group) is 1. The van der Waals surface area contributed by atoms with Crippen LogP contribution in [0.1, 0.15) is 19.8 Å². The molecule has 0 amide bonds. The van der Waals surface area contributed by atoms with Crippen molar-refractivity contribution in [3.63, 3.8) is 0 Å². The maximum Gasteiger partial charge on any atom is 0.358 e. The van der Waals surface area contributed by atoms with E-state index < -0.39 is 5.97 Å². The lowest BCUT2D eigenvalue weighted by atomic mass is 10.3. The first-order valence-electron chi connectivity index (χ1n) is 4.75. The van der Waals surface area contributed by atoms with E-state index in [1.165, 1.54) is 6.20 Å². The number of rotatable bonds is 4. The Morgan fingerprint density at radius 3 is 2.67 bits per heavy atom. The average molecular weight is 281 g/mol. The van der Waals surface area contributed by atoms with Crippen LogP contribution in [0.15, 0.2) is 11.9 Å². The number of aliphatic carboxylic acids is 1. The quantitative estimate of drug-likeness (QED) is 0.576. The van der Waals surface area contributed by atoms with Gasteiger partial charge in [-0.15, -0.1) is 4.65 Å². The molecule has 0 aromatic carbocycles. The SMILES string of the molecule is CCCC[N+]1(O)C=C(C(=O)O)N(C)C1.[Br-]. The van der Waals surface area contributed by atoms with Crippen LogP contribution in [0.25, 0.3) is 0 Å². The van der Waals surface area contributed by atoms with Crippen molar-refractivity contribution in [1.29, 1.82) is 0 Å². The molecule has 0 fully saturated rings. The Kier molecular flexibility index (Phi) is 5.27. The molecule has 1 unspecified atom stereocenters. The maximum absolute atomic E-state index is 10.7. The van der Waals surface area contributed by atoms with Gasteiger partial charge in [0.15, 0.2) is 18.6 Å². The second-order valence-electron chi connectivity index (χ2n) is 3.72. The summed E-state index contributed by atoms with van der Waals surface area (Å²) in [6.45, 7) is 2.92. The van der Waals surface area contributed by atoms with Crippen LogP contribution in [0, 0.1) is 0 Å². The van der Waals surface area contributed by atoms with Crippen LogP contribution in [0.4, 0.5) is 0 Å². The van der Waals surface area contributed by atoms with Crippen LogP contribution < -0.4 is 17.0 Å². The van der Waals surface area contributed by atoms with Crippen molar-refractivity contribution in [2.45, 2.75) is 19.8 Å². The van der Waals surface area contributed by atoms with Crippen LogP contribution in [-0.4, -0.2) is 46.1 Å². The summed E-state index contributed by atoms with van der Waals surface area (Å²) in [6, 6.07) is 0. The van der Waals surface area contributed by atoms with Crippen LogP contribution >= 0.6 is 0 Å². The number of carbonyl (C=O) groups is 1. The Morgan fingerprint density at radius 1 is 1.67 bits per heavy atom. The molecule has 1 aliphatic heterocycles. The first-order chi connectivity index (χ1) is 6.48. The highest BCUT2D eigenvalue weighted by Gasteiger charge is 2.36. The van der Waals surface area contributed by atoms with E-state index in [0.717, 1.165) is 12.8 Å². The molecule has 1 rings (SSSR count). The van der Waals surface area contributed by atoms with Gasteiger partial charge in [0.1, 0.15) is 6.54 Å². The summed E-state index contributed by atoms with van der Waals surface area (Å²) in [5, 5.41) is 18.8. The molecule has 0 aliphatic carbocycles. The van der Waals surface area contributed by atoms with Crippen molar-refractivity contribution in [2.75, 3.05) is 20.3 Å². The van der Waals surface area contributed by atoms with E-state index in [-0.39, 0.29) is 27.3 Å². The van der Waals surface area contributed by atoms with Gasteiger partial charge in [-0.05, 0) is 6.42 Å². The molecule has 1 atom stereocenters. The van der Waals surface area contributed by atoms with E-state index in [4.69, 9.17) is 5.11 Å². The summed E-state index contributed by atoms with van der Waals surface area (Å²) in [7, 11) is 1.67. The lowest BCUT2D eigenvalue weighted by Crippen LogP contribution is -3.00. The number of hydrogen-bond donors (Lipinski definition) is 2. The predicted octanol–water partition coefficient (Wildman–Crippen LogP) is -2.17. The van der Waals surface area contributed by atoms with Crippen molar-refractivity contribution in [2.24, 2.45) is 0 Å². The molecular formula is C9H17BrN2O3. The second kappa shape index (κ2) is 5.48. The number of carboxylic acid groups (broad SMARTS) is 1. The molecule has 2 N–H and O–H groups in total. The summed E-state index contributed by atoms with van der Waals surface area (Å²) in [5.74, 6) is -0.988. The van der Waals surface area contributed by atoms with Gasteiger partial charge in [0, 0.05) is 7.05 Å². The largest absolute Gasteiger partial charge is 1.00 e. The van der Waals surface area contributed by atoms with Crippen molar-refractivity contribution < 1.29 is 36.7 Å². The number of quaternary nitrogens is 1. The van der Waals surface area contributed by atoms with Gasteiger partial charge in [-0.25, -0.2) is 10.0 Å². The van der Waals surface area contributed by atoms with E-state index in [9.17, 15) is 10.0 Å². The minimum absolute atomic E-state index is 0. The zero-order chi connectivity index (χ0) is 10.8. The Labute approximate surface area is 99.9 Å². The molecule has 0 radical (unpaired) electrons. The Bertz CT molecular complexity index is 270. The third kappa shape index (κ3) is 3.48. The smallest absolute Gasteiger partial charge is 0.358 e. The first-order valence-corrected chi connectivity index (χ1v) is 4.75. The number of nitrogens with zero attached hydrogens (tertiary/aromatic N) is 2. The summed E-state index contributed by atoms with van der Waals surface area (Å²) in [4.78, 5) is 12.3. The number of hydroxylamine groups is 3. The molecule has 0 aromatic heterocycles. The van der Waals surface area contributed by atoms with Gasteiger partial charge in [-0.1, -0.05) is 13.3 Å². The highest BCUT2D eigenvalue weighted by molar-refractivity contribution is 5.85. The van der Waals surface area contributed by atoms with E-state index in [2.05, 4.69) is 0 Å². The van der Waals surface area contributed by atoms with Crippen molar-refractivity contribution in [3.8, 4) is 0 Å². The van der Waals surface area contributed by atoms with Gasteiger partial charge in [-0.2, -0.15) is 0 Å². The molecule has 0 saturated heterocycles. The summed E-state index contributed by atoms with van der Waals surface area (Å²) in [5.41, 5.74) is 0.170. The van der Waals surface area contributed by atoms with Crippen LogP contribution in [0.3, 0.4) is 0 Å². The fourth-order valence-corrected chi connectivity index (χ4v) is 1.60. The molecule has 1 aliphatic rings. The topological polar surface area (TPSA) is 60.8 Å². The van der Waals surface area contributed by atoms with E-state index in [0.29, 0.717) is 13.2 Å². The molecule has 6 heteroatoms. The fraction of sp³-hybridized carbons (Fsp3) is 0.667. The molecule has 5 nitrogen and oxygen atoms in total. The molecule has 0 bridgehead atoms. The van der Waals surface area contributed by atoms with Crippen LogP contribution in [0.5, 0.6) is 0 Å². The number of carboxylic acids is 1. The zero-order valence-corrected chi connectivity index (χ0v) is 10.6. The Hall–Kier alpha value is -0.590. The van der Waals surface area contributed by atoms with E-state index >= 15 is 0 Å². The minimum Gasteiger partial charge on any atom is -1.00 e. The summed E-state index contributed by atoms with van der Waals surface area (Å²) < 4.78 is -0.286.